The van der Waals surface area contributed by atoms with Crippen molar-refractivity contribution in [3.8, 4) is 0 Å². The van der Waals surface area contributed by atoms with Crippen molar-refractivity contribution in [1.29, 1.82) is 0 Å². The first-order valence-corrected chi connectivity index (χ1v) is 7.66. The summed E-state index contributed by atoms with van der Waals surface area (Å²) in [7, 11) is 0. The zero-order valence-corrected chi connectivity index (χ0v) is 13.4. The van der Waals surface area contributed by atoms with E-state index >= 15 is 0 Å². The molecule has 0 amide bonds. The summed E-state index contributed by atoms with van der Waals surface area (Å²) in [5.41, 5.74) is 4.66. The molecule has 1 heterocycles. The Morgan fingerprint density at radius 1 is 1.53 bits per heavy atom. The molecule has 0 fully saturated rings. The van der Waals surface area contributed by atoms with Gasteiger partial charge in [0.25, 0.3) is 0 Å². The van der Waals surface area contributed by atoms with Gasteiger partial charge in [-0.3, -0.25) is 11.3 Å². The molecule has 2 rings (SSSR count). The van der Waals surface area contributed by atoms with Crippen LogP contribution in [0.15, 0.2) is 28.1 Å². The Morgan fingerprint density at radius 2 is 2.26 bits per heavy atom. The van der Waals surface area contributed by atoms with E-state index in [2.05, 4.69) is 27.4 Å². The molecule has 0 bridgehead atoms. The summed E-state index contributed by atoms with van der Waals surface area (Å²) in [6.07, 6.45) is 0.541. The van der Waals surface area contributed by atoms with Crippen molar-refractivity contribution < 1.29 is 4.39 Å². The molecule has 1 aromatic carbocycles. The van der Waals surface area contributed by atoms with Crippen LogP contribution in [0, 0.1) is 12.7 Å². The predicted octanol–water partition coefficient (Wildman–Crippen LogP) is 4.36. The van der Waals surface area contributed by atoms with E-state index in [1.54, 1.807) is 17.4 Å². The Kier molecular flexibility index (Phi) is 4.97. The van der Waals surface area contributed by atoms with Crippen molar-refractivity contribution in [2.24, 2.45) is 5.84 Å². The number of nitrogens with one attached hydrogen (secondary N) is 1. The molecule has 2 nitrogen and oxygen atoms in total. The van der Waals surface area contributed by atoms with Crippen LogP contribution < -0.4 is 11.3 Å². The van der Waals surface area contributed by atoms with Gasteiger partial charge in [-0.05, 0) is 52.5 Å². The molecule has 1 atom stereocenters. The number of nitrogens with two attached hydrogens (primary N) is 1. The maximum absolute atomic E-state index is 13.4. The maximum atomic E-state index is 13.4. The molecule has 0 aliphatic carbocycles. The average Bonchev–Trinajstić information content (AvgIpc) is 2.71. The first-order valence-electron chi connectivity index (χ1n) is 5.67. The number of halogens is 3. The minimum atomic E-state index is -0.404. The van der Waals surface area contributed by atoms with Crippen molar-refractivity contribution in [2.75, 3.05) is 0 Å². The smallest absolute Gasteiger partial charge is 0.142 e. The summed E-state index contributed by atoms with van der Waals surface area (Å²) in [4.78, 5) is 1.09. The SMILES string of the molecule is Cc1cc(C(Cc2cccc(F)c2Cl)NN)sc1Br. The molecule has 0 aliphatic rings. The Hall–Kier alpha value is -0.460. The summed E-state index contributed by atoms with van der Waals surface area (Å²) in [6, 6.07) is 6.79. The van der Waals surface area contributed by atoms with Gasteiger partial charge in [0.2, 0.25) is 0 Å². The molecule has 3 N–H and O–H groups in total. The Morgan fingerprint density at radius 3 is 2.84 bits per heavy atom. The lowest BCUT2D eigenvalue weighted by Crippen LogP contribution is -2.29. The molecule has 0 saturated heterocycles. The number of hydrogen-bond acceptors (Lipinski definition) is 3. The zero-order chi connectivity index (χ0) is 14.0. The highest BCUT2D eigenvalue weighted by Crippen LogP contribution is 2.33. The van der Waals surface area contributed by atoms with Crippen LogP contribution in [0.25, 0.3) is 0 Å². The van der Waals surface area contributed by atoms with E-state index in [9.17, 15) is 4.39 Å². The second-order valence-corrected chi connectivity index (χ2v) is 7.02. The third kappa shape index (κ3) is 3.35. The maximum Gasteiger partial charge on any atom is 0.142 e. The van der Waals surface area contributed by atoms with Crippen molar-refractivity contribution in [2.45, 2.75) is 19.4 Å². The predicted molar refractivity (Wildman–Crippen MR) is 81.9 cm³/mol. The highest BCUT2D eigenvalue weighted by molar-refractivity contribution is 9.11. The Balaban J connectivity index is 2.26. The van der Waals surface area contributed by atoms with Gasteiger partial charge < -0.3 is 0 Å². The van der Waals surface area contributed by atoms with Gasteiger partial charge in [-0.25, -0.2) is 4.39 Å². The molecule has 1 aromatic heterocycles. The second kappa shape index (κ2) is 6.33. The number of thiophene rings is 1. The van der Waals surface area contributed by atoms with Crippen LogP contribution in [0.1, 0.15) is 22.0 Å². The fourth-order valence-corrected chi connectivity index (χ4v) is 3.66. The lowest BCUT2D eigenvalue weighted by atomic mass is 10.0. The van der Waals surface area contributed by atoms with Gasteiger partial charge >= 0.3 is 0 Å². The van der Waals surface area contributed by atoms with E-state index in [0.717, 1.165) is 19.8 Å². The molecule has 2 aromatic rings. The van der Waals surface area contributed by atoms with E-state index in [1.807, 2.05) is 13.0 Å². The van der Waals surface area contributed by atoms with Crippen LogP contribution in [-0.2, 0) is 6.42 Å². The van der Waals surface area contributed by atoms with E-state index in [1.165, 1.54) is 6.07 Å². The van der Waals surface area contributed by atoms with Crippen molar-refractivity contribution in [3.63, 3.8) is 0 Å². The highest BCUT2D eigenvalue weighted by Gasteiger charge is 2.17. The topological polar surface area (TPSA) is 38.0 Å². The van der Waals surface area contributed by atoms with Gasteiger partial charge in [-0.1, -0.05) is 23.7 Å². The number of hydrogen-bond donors (Lipinski definition) is 2. The van der Waals surface area contributed by atoms with E-state index in [0.29, 0.717) is 6.42 Å². The second-order valence-electron chi connectivity index (χ2n) is 4.24. The monoisotopic (exact) mass is 362 g/mol. The van der Waals surface area contributed by atoms with Crippen molar-refractivity contribution in [1.82, 2.24) is 5.43 Å². The number of aryl methyl sites for hydroxylation is 1. The molecule has 102 valence electrons. The molecule has 6 heteroatoms. The largest absolute Gasteiger partial charge is 0.271 e. The summed E-state index contributed by atoms with van der Waals surface area (Å²) in [5.74, 6) is 5.20. The molecule has 0 saturated carbocycles. The fraction of sp³-hybridized carbons (Fsp3) is 0.231. The third-order valence-corrected chi connectivity index (χ3v) is 5.55. The molecule has 1 unspecified atom stereocenters. The molecule has 0 radical (unpaired) electrons. The zero-order valence-electron chi connectivity index (χ0n) is 10.2. The summed E-state index contributed by atoms with van der Waals surface area (Å²) >= 11 is 11.1. The van der Waals surface area contributed by atoms with Gasteiger partial charge in [0.1, 0.15) is 5.82 Å². The third-order valence-electron chi connectivity index (χ3n) is 2.88. The van der Waals surface area contributed by atoms with Crippen LogP contribution in [0.3, 0.4) is 0 Å². The van der Waals surface area contributed by atoms with Gasteiger partial charge in [0.15, 0.2) is 0 Å². The van der Waals surface area contributed by atoms with Crippen molar-refractivity contribution >= 4 is 38.9 Å². The van der Waals surface area contributed by atoms with Crippen LogP contribution in [-0.4, -0.2) is 0 Å². The van der Waals surface area contributed by atoms with E-state index in [4.69, 9.17) is 17.4 Å². The average molecular weight is 364 g/mol. The highest BCUT2D eigenvalue weighted by atomic mass is 79.9. The summed E-state index contributed by atoms with van der Waals surface area (Å²) in [6.45, 7) is 2.02. The van der Waals surface area contributed by atoms with Crippen LogP contribution >= 0.6 is 38.9 Å². The quantitative estimate of drug-likeness (QED) is 0.626. The first kappa shape index (κ1) is 14.9. The Labute approximate surface area is 128 Å². The van der Waals surface area contributed by atoms with Crippen LogP contribution in [0.2, 0.25) is 5.02 Å². The normalized spacial score (nSPS) is 12.7. The van der Waals surface area contributed by atoms with Crippen LogP contribution in [0.5, 0.6) is 0 Å². The van der Waals surface area contributed by atoms with E-state index in [-0.39, 0.29) is 11.1 Å². The first-order chi connectivity index (χ1) is 9.02. The van der Waals surface area contributed by atoms with Crippen LogP contribution in [0.4, 0.5) is 4.39 Å². The van der Waals surface area contributed by atoms with Gasteiger partial charge in [-0.2, -0.15) is 0 Å². The molecular weight excluding hydrogens is 351 g/mol. The molecule has 19 heavy (non-hydrogen) atoms. The standard InChI is InChI=1S/C13H13BrClFN2S/c1-7-5-11(19-13(7)14)10(18-17)6-8-3-2-4-9(16)12(8)15/h2-5,10,18H,6,17H2,1H3. The summed E-state index contributed by atoms with van der Waals surface area (Å²) in [5, 5.41) is 0.162. The molecular formula is C13H13BrClFN2S. The molecule has 0 aliphatic heterocycles. The fourth-order valence-electron chi connectivity index (χ4n) is 1.82. The summed E-state index contributed by atoms with van der Waals surface area (Å²) < 4.78 is 14.5. The van der Waals surface area contributed by atoms with Gasteiger partial charge in [-0.15, -0.1) is 11.3 Å². The van der Waals surface area contributed by atoms with Gasteiger partial charge in [0, 0.05) is 4.88 Å². The van der Waals surface area contributed by atoms with Crippen molar-refractivity contribution in [3.05, 3.63) is 54.9 Å². The van der Waals surface area contributed by atoms with E-state index < -0.39 is 5.82 Å². The number of rotatable bonds is 4. The minimum absolute atomic E-state index is 0.0886. The Bertz CT molecular complexity index is 569. The number of hydrazine groups is 1. The van der Waals surface area contributed by atoms with Gasteiger partial charge in [0.05, 0.1) is 14.9 Å². The number of benzene rings is 1. The minimum Gasteiger partial charge on any atom is -0.271 e. The lowest BCUT2D eigenvalue weighted by molar-refractivity contribution is 0.557. The molecule has 0 spiro atoms. The lowest BCUT2D eigenvalue weighted by Gasteiger charge is -2.15.